The normalized spacial score (nSPS) is 22.4. The second kappa shape index (κ2) is 9.56. The molecule has 0 bridgehead atoms. The van der Waals surface area contributed by atoms with Gasteiger partial charge < -0.3 is 29.4 Å². The maximum absolute atomic E-state index is 13.7. The Morgan fingerprint density at radius 2 is 1.76 bits per heavy atom. The van der Waals surface area contributed by atoms with Crippen LogP contribution >= 0.6 is 0 Å². The highest BCUT2D eigenvalue weighted by atomic mass is 16.5. The number of rotatable bonds is 6. The van der Waals surface area contributed by atoms with Crippen molar-refractivity contribution in [2.24, 2.45) is 11.8 Å². The zero-order valence-corrected chi connectivity index (χ0v) is 19.6. The van der Waals surface area contributed by atoms with Gasteiger partial charge in [-0.2, -0.15) is 0 Å². The lowest BCUT2D eigenvalue weighted by Crippen LogP contribution is -2.43. The minimum Gasteiger partial charge on any atom is -0.502 e. The first-order valence-corrected chi connectivity index (χ1v) is 10.6. The number of carbonyl (C=O) groups is 3. The number of benzene rings is 1. The van der Waals surface area contributed by atoms with Crippen molar-refractivity contribution >= 4 is 17.7 Å². The van der Waals surface area contributed by atoms with Crippen LogP contribution in [0.5, 0.6) is 17.2 Å². The molecule has 178 valence electrons. The minimum atomic E-state index is -0.999. The number of Topliss-reactive ketones (excluding diaryl/α,β-unsaturated/α-hetero) is 1. The zero-order chi connectivity index (χ0) is 24.4. The summed E-state index contributed by atoms with van der Waals surface area (Å²) in [5, 5.41) is 13.6. The molecule has 0 saturated carbocycles. The van der Waals surface area contributed by atoms with Crippen LogP contribution in [-0.2, 0) is 23.9 Å². The average Bonchev–Trinajstić information content (AvgIpc) is 2.78. The third-order valence-corrected chi connectivity index (χ3v) is 6.07. The van der Waals surface area contributed by atoms with Crippen molar-refractivity contribution < 1.29 is 38.4 Å². The largest absolute Gasteiger partial charge is 0.502 e. The van der Waals surface area contributed by atoms with Gasteiger partial charge in [-0.1, -0.05) is 6.92 Å². The van der Waals surface area contributed by atoms with Crippen molar-refractivity contribution in [1.29, 1.82) is 0 Å². The number of methoxy groups -OCH3 is 3. The number of phenolic OH excluding ortho intramolecular Hbond substituents is 1. The highest BCUT2D eigenvalue weighted by Gasteiger charge is 2.47. The molecule has 0 unspecified atom stereocenters. The van der Waals surface area contributed by atoms with Crippen LogP contribution in [0.4, 0.5) is 0 Å². The summed E-state index contributed by atoms with van der Waals surface area (Å²) in [6.07, 6.45) is 0.414. The number of dihydropyridines is 1. The van der Waals surface area contributed by atoms with Gasteiger partial charge in [0.25, 0.3) is 0 Å². The average molecular weight is 459 g/mol. The first-order chi connectivity index (χ1) is 15.7. The number of ether oxygens (including phenoxy) is 4. The molecule has 0 fully saturated rings. The molecular weight excluding hydrogens is 430 g/mol. The zero-order valence-electron chi connectivity index (χ0n) is 19.6. The molecule has 33 heavy (non-hydrogen) atoms. The van der Waals surface area contributed by atoms with Gasteiger partial charge in [0.15, 0.2) is 17.3 Å². The fourth-order valence-electron chi connectivity index (χ4n) is 4.57. The molecular formula is C24H29NO8. The van der Waals surface area contributed by atoms with E-state index >= 15 is 0 Å². The van der Waals surface area contributed by atoms with Crippen molar-refractivity contribution in [1.82, 2.24) is 5.32 Å². The summed E-state index contributed by atoms with van der Waals surface area (Å²) in [5.74, 6) is -3.77. The highest BCUT2D eigenvalue weighted by Crippen LogP contribution is 2.48. The van der Waals surface area contributed by atoms with E-state index in [0.29, 0.717) is 23.4 Å². The molecule has 0 radical (unpaired) electrons. The van der Waals surface area contributed by atoms with E-state index in [9.17, 15) is 19.5 Å². The number of phenols is 1. The highest BCUT2D eigenvalue weighted by molar-refractivity contribution is 6.12. The molecule has 0 spiro atoms. The number of carbonyl (C=O) groups excluding carboxylic acids is 3. The van der Waals surface area contributed by atoms with Crippen LogP contribution in [0.2, 0.25) is 0 Å². The van der Waals surface area contributed by atoms with E-state index in [1.165, 1.54) is 21.3 Å². The maximum atomic E-state index is 13.7. The number of nitrogens with one attached hydrogen (secondary N) is 1. The first-order valence-electron chi connectivity index (χ1n) is 10.6. The molecule has 3 atom stereocenters. The Bertz CT molecular complexity index is 1030. The smallest absolute Gasteiger partial charge is 0.336 e. The van der Waals surface area contributed by atoms with Gasteiger partial charge in [0.05, 0.1) is 33.5 Å². The standard InChI is InChI=1S/C24H29NO8/c1-7-33-24(29)18-12(3)25-14-8-11(2)17(23(28)32-6)22(27)20(14)19(18)13-9-15(30-4)21(26)16(10-13)31-5/h9-11,17,19,25-26H,7-8H2,1-6H3/t11-,17-,19-/m0/s1. The summed E-state index contributed by atoms with van der Waals surface area (Å²) in [5.41, 5.74) is 2.17. The number of esters is 2. The van der Waals surface area contributed by atoms with Crippen LogP contribution in [0.25, 0.3) is 0 Å². The van der Waals surface area contributed by atoms with Crippen molar-refractivity contribution in [2.75, 3.05) is 27.9 Å². The Morgan fingerprint density at radius 3 is 2.27 bits per heavy atom. The lowest BCUT2D eigenvalue weighted by Gasteiger charge is -2.38. The van der Waals surface area contributed by atoms with E-state index < -0.39 is 29.6 Å². The quantitative estimate of drug-likeness (QED) is 0.488. The van der Waals surface area contributed by atoms with E-state index in [-0.39, 0.29) is 40.9 Å². The Labute approximate surface area is 192 Å². The molecule has 2 aliphatic rings. The molecule has 0 aromatic heterocycles. The van der Waals surface area contributed by atoms with E-state index in [1.54, 1.807) is 26.0 Å². The first kappa shape index (κ1) is 24.2. The maximum Gasteiger partial charge on any atom is 0.336 e. The lowest BCUT2D eigenvalue weighted by molar-refractivity contribution is -0.151. The number of hydrogen-bond acceptors (Lipinski definition) is 9. The molecule has 9 heteroatoms. The minimum absolute atomic E-state index is 0.118. The summed E-state index contributed by atoms with van der Waals surface area (Å²) in [6.45, 7) is 5.38. The Morgan fingerprint density at radius 1 is 1.15 bits per heavy atom. The molecule has 1 heterocycles. The van der Waals surface area contributed by atoms with E-state index in [4.69, 9.17) is 18.9 Å². The van der Waals surface area contributed by atoms with E-state index in [0.717, 1.165) is 0 Å². The number of allylic oxidation sites excluding steroid dienone is 3. The molecule has 1 aromatic rings. The monoisotopic (exact) mass is 459 g/mol. The van der Waals surface area contributed by atoms with Gasteiger partial charge in [0, 0.05) is 22.9 Å². The van der Waals surface area contributed by atoms with Crippen LogP contribution in [0.1, 0.15) is 38.7 Å². The third kappa shape index (κ3) is 4.15. The van der Waals surface area contributed by atoms with Gasteiger partial charge in [-0.15, -0.1) is 0 Å². The van der Waals surface area contributed by atoms with Crippen LogP contribution in [-0.4, -0.2) is 50.8 Å². The van der Waals surface area contributed by atoms with E-state index in [2.05, 4.69) is 5.32 Å². The van der Waals surface area contributed by atoms with Crippen molar-refractivity contribution in [3.8, 4) is 17.2 Å². The van der Waals surface area contributed by atoms with Crippen molar-refractivity contribution in [2.45, 2.75) is 33.1 Å². The van der Waals surface area contributed by atoms with Crippen LogP contribution in [0.3, 0.4) is 0 Å². The summed E-state index contributed by atoms with van der Waals surface area (Å²) >= 11 is 0. The Balaban J connectivity index is 2.28. The fourth-order valence-corrected chi connectivity index (χ4v) is 4.57. The third-order valence-electron chi connectivity index (χ3n) is 6.07. The molecule has 3 rings (SSSR count). The summed E-state index contributed by atoms with van der Waals surface area (Å²) in [4.78, 5) is 39.2. The second-order valence-electron chi connectivity index (χ2n) is 8.03. The predicted molar refractivity (Wildman–Crippen MR) is 118 cm³/mol. The number of hydrogen-bond donors (Lipinski definition) is 2. The summed E-state index contributed by atoms with van der Waals surface area (Å²) in [6, 6.07) is 3.09. The van der Waals surface area contributed by atoms with Gasteiger partial charge in [0.1, 0.15) is 5.92 Å². The molecule has 1 aliphatic carbocycles. The van der Waals surface area contributed by atoms with Crippen LogP contribution < -0.4 is 14.8 Å². The van der Waals surface area contributed by atoms with Crippen LogP contribution in [0, 0.1) is 11.8 Å². The Kier molecular flexibility index (Phi) is 7.00. The lowest BCUT2D eigenvalue weighted by atomic mass is 9.69. The molecule has 9 nitrogen and oxygen atoms in total. The van der Waals surface area contributed by atoms with Gasteiger partial charge in [-0.3, -0.25) is 9.59 Å². The van der Waals surface area contributed by atoms with E-state index in [1.807, 2.05) is 6.92 Å². The predicted octanol–water partition coefficient (Wildman–Crippen LogP) is 2.59. The molecule has 0 saturated heterocycles. The molecule has 1 aliphatic heterocycles. The number of aromatic hydroxyl groups is 1. The summed E-state index contributed by atoms with van der Waals surface area (Å²) in [7, 11) is 4.02. The fraction of sp³-hybridized carbons (Fsp3) is 0.458. The molecule has 0 amide bonds. The van der Waals surface area contributed by atoms with Gasteiger partial charge in [0.2, 0.25) is 5.75 Å². The second-order valence-corrected chi connectivity index (χ2v) is 8.03. The van der Waals surface area contributed by atoms with Crippen LogP contribution in [0.15, 0.2) is 34.7 Å². The van der Waals surface area contributed by atoms with Gasteiger partial charge in [-0.25, -0.2) is 4.79 Å². The molecule has 1 aromatic carbocycles. The SMILES string of the molecule is CCOC(=O)C1=C(C)NC2=C(C(=O)[C@@H](C(=O)OC)[C@@H](C)C2)[C@H]1c1cc(OC)c(O)c(OC)c1. The summed E-state index contributed by atoms with van der Waals surface area (Å²) < 4.78 is 20.8. The van der Waals surface area contributed by atoms with Crippen molar-refractivity contribution in [3.05, 3.63) is 40.2 Å². The molecule has 2 N–H and O–H groups in total. The number of ketones is 1. The van der Waals surface area contributed by atoms with Gasteiger partial charge >= 0.3 is 11.9 Å². The van der Waals surface area contributed by atoms with Gasteiger partial charge in [-0.05, 0) is 43.9 Å². The Hall–Kier alpha value is -3.49. The van der Waals surface area contributed by atoms with Crippen molar-refractivity contribution in [3.63, 3.8) is 0 Å². The topological polar surface area (TPSA) is 120 Å².